The minimum atomic E-state index is 0. The van der Waals surface area contributed by atoms with E-state index in [1.165, 1.54) is 5.56 Å². The Hall–Kier alpha value is -1.33. The molecule has 132 valence electrons. The lowest BCUT2D eigenvalue weighted by atomic mass is 10.1. The Kier molecular flexibility index (Phi) is 9.08. The van der Waals surface area contributed by atoms with E-state index in [1.807, 2.05) is 18.3 Å². The largest absolute Gasteiger partial charge is 0.489 e. The Morgan fingerprint density at radius 1 is 1.17 bits per heavy atom. The number of nitrogens with one attached hydrogen (secondary N) is 1. The number of rotatable bonds is 5. The van der Waals surface area contributed by atoms with Crippen LogP contribution in [0.15, 0.2) is 48.8 Å². The molecule has 0 radical (unpaired) electrons. The quantitative estimate of drug-likeness (QED) is 0.877. The molecule has 4 nitrogen and oxygen atoms in total. The van der Waals surface area contributed by atoms with Crippen molar-refractivity contribution in [1.29, 1.82) is 0 Å². The van der Waals surface area contributed by atoms with Crippen LogP contribution in [0, 0.1) is 0 Å². The predicted octanol–water partition coefficient (Wildman–Crippen LogP) is 3.30. The van der Waals surface area contributed by atoms with Crippen molar-refractivity contribution >= 4 is 24.8 Å². The highest BCUT2D eigenvalue weighted by molar-refractivity contribution is 5.85. The monoisotopic (exact) mass is 369 g/mol. The number of nitrogens with zero attached hydrogens (tertiary/aromatic N) is 2. The van der Waals surface area contributed by atoms with Crippen LogP contribution in [0.5, 0.6) is 5.75 Å². The topological polar surface area (TPSA) is 37.4 Å². The molecule has 0 amide bonds. The Morgan fingerprint density at radius 3 is 2.62 bits per heavy atom. The lowest BCUT2D eigenvalue weighted by Crippen LogP contribution is -2.49. The molecular formula is C18H25Cl2N3O. The fourth-order valence-corrected chi connectivity index (χ4v) is 2.69. The molecule has 2 aromatic rings. The maximum Gasteiger partial charge on any atom is 0.119 e. The predicted molar refractivity (Wildman–Crippen MR) is 102 cm³/mol. The Labute approximate surface area is 156 Å². The van der Waals surface area contributed by atoms with E-state index in [0.717, 1.165) is 37.5 Å². The molecule has 0 unspecified atom stereocenters. The average Bonchev–Trinajstić information content (AvgIpc) is 2.57. The first-order valence-corrected chi connectivity index (χ1v) is 7.87. The van der Waals surface area contributed by atoms with Gasteiger partial charge in [0.25, 0.3) is 0 Å². The van der Waals surface area contributed by atoms with Gasteiger partial charge >= 0.3 is 0 Å². The third-order valence-electron chi connectivity index (χ3n) is 4.08. The van der Waals surface area contributed by atoms with Crippen LogP contribution in [0.2, 0.25) is 0 Å². The van der Waals surface area contributed by atoms with Gasteiger partial charge in [0.1, 0.15) is 12.4 Å². The van der Waals surface area contributed by atoms with Gasteiger partial charge in [0.05, 0.1) is 0 Å². The molecular weight excluding hydrogens is 345 g/mol. The first kappa shape index (κ1) is 20.7. The van der Waals surface area contributed by atoms with Gasteiger partial charge in [0.15, 0.2) is 0 Å². The summed E-state index contributed by atoms with van der Waals surface area (Å²) in [5.41, 5.74) is 2.42. The number of halogens is 2. The number of piperazine rings is 1. The number of benzene rings is 1. The summed E-state index contributed by atoms with van der Waals surface area (Å²) in [5.74, 6) is 0.904. The zero-order valence-electron chi connectivity index (χ0n) is 13.9. The van der Waals surface area contributed by atoms with Gasteiger partial charge in [-0.25, -0.2) is 0 Å². The van der Waals surface area contributed by atoms with Gasteiger partial charge in [-0.1, -0.05) is 18.2 Å². The lowest BCUT2D eigenvalue weighted by molar-refractivity contribution is 0.165. The number of ether oxygens (including phenoxy) is 1. The molecule has 1 aliphatic rings. The average molecular weight is 370 g/mol. The SMILES string of the molecule is C[C@H]1CNCCN1Cc1ccc(OCc2cccnc2)cc1.Cl.Cl. The smallest absolute Gasteiger partial charge is 0.119 e. The van der Waals surface area contributed by atoms with Crippen molar-refractivity contribution in [1.82, 2.24) is 15.2 Å². The highest BCUT2D eigenvalue weighted by Gasteiger charge is 2.17. The summed E-state index contributed by atoms with van der Waals surface area (Å²) < 4.78 is 5.79. The van der Waals surface area contributed by atoms with E-state index in [2.05, 4.69) is 46.4 Å². The van der Waals surface area contributed by atoms with Crippen molar-refractivity contribution in [3.8, 4) is 5.75 Å². The summed E-state index contributed by atoms with van der Waals surface area (Å²) in [5, 5.41) is 3.42. The van der Waals surface area contributed by atoms with Crippen molar-refractivity contribution < 1.29 is 4.74 Å². The van der Waals surface area contributed by atoms with Crippen molar-refractivity contribution in [2.75, 3.05) is 19.6 Å². The first-order chi connectivity index (χ1) is 10.8. The van der Waals surface area contributed by atoms with Gasteiger partial charge in [-0.15, -0.1) is 24.8 Å². The highest BCUT2D eigenvalue weighted by atomic mass is 35.5. The summed E-state index contributed by atoms with van der Waals surface area (Å²) in [4.78, 5) is 6.61. The first-order valence-electron chi connectivity index (χ1n) is 7.87. The minimum Gasteiger partial charge on any atom is -0.489 e. The van der Waals surface area contributed by atoms with Crippen molar-refractivity contribution in [2.24, 2.45) is 0 Å². The fraction of sp³-hybridized carbons (Fsp3) is 0.389. The van der Waals surface area contributed by atoms with E-state index in [4.69, 9.17) is 4.74 Å². The molecule has 3 rings (SSSR count). The molecule has 2 heterocycles. The van der Waals surface area contributed by atoms with Crippen LogP contribution in [0.4, 0.5) is 0 Å². The van der Waals surface area contributed by atoms with Gasteiger partial charge in [-0.2, -0.15) is 0 Å². The minimum absolute atomic E-state index is 0. The summed E-state index contributed by atoms with van der Waals surface area (Å²) in [6.45, 7) is 7.11. The van der Waals surface area contributed by atoms with E-state index < -0.39 is 0 Å². The summed E-state index contributed by atoms with van der Waals surface area (Å²) in [6, 6.07) is 13.0. The zero-order chi connectivity index (χ0) is 15.2. The molecule has 0 saturated carbocycles. The Balaban J connectivity index is 0.00000144. The summed E-state index contributed by atoms with van der Waals surface area (Å²) >= 11 is 0. The molecule has 1 aromatic heterocycles. The van der Waals surface area contributed by atoms with Crippen LogP contribution in [0.25, 0.3) is 0 Å². The maximum atomic E-state index is 5.79. The zero-order valence-corrected chi connectivity index (χ0v) is 15.5. The van der Waals surface area contributed by atoms with Crippen LogP contribution in [0.1, 0.15) is 18.1 Å². The fourth-order valence-electron chi connectivity index (χ4n) is 2.69. The molecule has 0 spiro atoms. The summed E-state index contributed by atoms with van der Waals surface area (Å²) in [6.07, 6.45) is 3.61. The van der Waals surface area contributed by atoms with Crippen LogP contribution in [0.3, 0.4) is 0 Å². The molecule has 1 fully saturated rings. The third-order valence-corrected chi connectivity index (χ3v) is 4.08. The van der Waals surface area contributed by atoms with E-state index in [1.54, 1.807) is 6.20 Å². The molecule has 24 heavy (non-hydrogen) atoms. The van der Waals surface area contributed by atoms with Crippen LogP contribution < -0.4 is 10.1 Å². The Bertz CT molecular complexity index is 581. The number of hydrogen-bond donors (Lipinski definition) is 1. The molecule has 1 aliphatic heterocycles. The highest BCUT2D eigenvalue weighted by Crippen LogP contribution is 2.16. The van der Waals surface area contributed by atoms with Gasteiger partial charge in [0, 0.05) is 50.2 Å². The van der Waals surface area contributed by atoms with Gasteiger partial charge < -0.3 is 10.1 Å². The van der Waals surface area contributed by atoms with Gasteiger partial charge in [0.2, 0.25) is 0 Å². The van der Waals surface area contributed by atoms with Crippen molar-refractivity contribution in [3.63, 3.8) is 0 Å². The molecule has 1 atom stereocenters. The summed E-state index contributed by atoms with van der Waals surface area (Å²) in [7, 11) is 0. The van der Waals surface area contributed by atoms with E-state index >= 15 is 0 Å². The third kappa shape index (κ3) is 5.95. The number of hydrogen-bond acceptors (Lipinski definition) is 4. The van der Waals surface area contributed by atoms with E-state index in [0.29, 0.717) is 12.6 Å². The molecule has 1 N–H and O–H groups in total. The van der Waals surface area contributed by atoms with E-state index in [9.17, 15) is 0 Å². The standard InChI is InChI=1S/C18H23N3O.2ClH/c1-15-11-20-9-10-21(15)13-16-4-6-18(7-5-16)22-14-17-3-2-8-19-12-17;;/h2-8,12,15,20H,9-11,13-14H2,1H3;2*1H/t15-;;/m0../s1. The van der Waals surface area contributed by atoms with Crippen molar-refractivity contribution in [2.45, 2.75) is 26.1 Å². The van der Waals surface area contributed by atoms with Crippen LogP contribution in [-0.2, 0) is 13.2 Å². The molecule has 0 bridgehead atoms. The second-order valence-electron chi connectivity index (χ2n) is 5.82. The molecule has 6 heteroatoms. The van der Waals surface area contributed by atoms with Crippen LogP contribution in [-0.4, -0.2) is 35.6 Å². The van der Waals surface area contributed by atoms with Crippen molar-refractivity contribution in [3.05, 3.63) is 59.9 Å². The van der Waals surface area contributed by atoms with Gasteiger partial charge in [-0.3, -0.25) is 9.88 Å². The number of pyridine rings is 1. The second kappa shape index (κ2) is 10.5. The molecule has 1 saturated heterocycles. The normalized spacial score (nSPS) is 17.5. The lowest BCUT2D eigenvalue weighted by Gasteiger charge is -2.33. The second-order valence-corrected chi connectivity index (χ2v) is 5.82. The number of aromatic nitrogens is 1. The molecule has 1 aromatic carbocycles. The van der Waals surface area contributed by atoms with E-state index in [-0.39, 0.29) is 24.8 Å². The molecule has 0 aliphatic carbocycles. The van der Waals surface area contributed by atoms with Gasteiger partial charge in [-0.05, 0) is 30.7 Å². The maximum absolute atomic E-state index is 5.79. The Morgan fingerprint density at radius 2 is 1.96 bits per heavy atom. The van der Waals surface area contributed by atoms with Crippen LogP contribution >= 0.6 is 24.8 Å².